The zero-order valence-electron chi connectivity index (χ0n) is 11.9. The molecule has 0 spiro atoms. The maximum absolute atomic E-state index is 11.6. The minimum Gasteiger partial charge on any atom is -0.481 e. The topological polar surface area (TPSA) is 78.4 Å². The first-order valence-corrected chi connectivity index (χ1v) is 6.80. The SMILES string of the molecule is CC(C)CCNC(=O)NCC(C(=O)O)c1ccccc1. The van der Waals surface area contributed by atoms with E-state index in [4.69, 9.17) is 0 Å². The lowest BCUT2D eigenvalue weighted by Gasteiger charge is -2.14. The van der Waals surface area contributed by atoms with Crippen LogP contribution in [0.3, 0.4) is 0 Å². The van der Waals surface area contributed by atoms with Crippen LogP contribution in [0.25, 0.3) is 0 Å². The van der Waals surface area contributed by atoms with Gasteiger partial charge in [0, 0.05) is 13.1 Å². The second kappa shape index (κ2) is 8.19. The van der Waals surface area contributed by atoms with E-state index in [2.05, 4.69) is 24.5 Å². The van der Waals surface area contributed by atoms with Gasteiger partial charge in [0.05, 0.1) is 5.92 Å². The fraction of sp³-hybridized carbons (Fsp3) is 0.467. The van der Waals surface area contributed by atoms with Crippen molar-refractivity contribution in [2.45, 2.75) is 26.2 Å². The van der Waals surface area contributed by atoms with Crippen LogP contribution in [-0.4, -0.2) is 30.2 Å². The van der Waals surface area contributed by atoms with Crippen LogP contribution in [0, 0.1) is 5.92 Å². The number of amides is 2. The lowest BCUT2D eigenvalue weighted by molar-refractivity contribution is -0.138. The highest BCUT2D eigenvalue weighted by Gasteiger charge is 2.20. The molecule has 5 heteroatoms. The Balaban J connectivity index is 2.44. The molecule has 5 nitrogen and oxygen atoms in total. The van der Waals surface area contributed by atoms with Crippen LogP contribution in [0.15, 0.2) is 30.3 Å². The molecular weight excluding hydrogens is 256 g/mol. The number of hydrogen-bond donors (Lipinski definition) is 3. The van der Waals surface area contributed by atoms with E-state index in [-0.39, 0.29) is 12.6 Å². The van der Waals surface area contributed by atoms with E-state index in [1.54, 1.807) is 24.3 Å². The summed E-state index contributed by atoms with van der Waals surface area (Å²) in [5.41, 5.74) is 0.683. The van der Waals surface area contributed by atoms with Gasteiger partial charge in [-0.15, -0.1) is 0 Å². The first-order chi connectivity index (χ1) is 9.50. The minimum absolute atomic E-state index is 0.0762. The van der Waals surface area contributed by atoms with Gasteiger partial charge in [0.25, 0.3) is 0 Å². The third-order valence-electron chi connectivity index (χ3n) is 2.97. The maximum Gasteiger partial charge on any atom is 0.314 e. The molecule has 0 aromatic heterocycles. The first kappa shape index (κ1) is 16.0. The van der Waals surface area contributed by atoms with Crippen molar-refractivity contribution < 1.29 is 14.7 Å². The van der Waals surface area contributed by atoms with Gasteiger partial charge in [-0.3, -0.25) is 4.79 Å². The number of carboxylic acids is 1. The molecule has 20 heavy (non-hydrogen) atoms. The van der Waals surface area contributed by atoms with E-state index in [1.807, 2.05) is 6.07 Å². The van der Waals surface area contributed by atoms with Crippen molar-refractivity contribution in [3.8, 4) is 0 Å². The highest BCUT2D eigenvalue weighted by atomic mass is 16.4. The van der Waals surface area contributed by atoms with Gasteiger partial charge in [-0.1, -0.05) is 44.2 Å². The summed E-state index contributed by atoms with van der Waals surface area (Å²) in [6, 6.07) is 8.57. The van der Waals surface area contributed by atoms with Crippen molar-refractivity contribution in [1.29, 1.82) is 0 Å². The summed E-state index contributed by atoms with van der Waals surface area (Å²) in [7, 11) is 0. The van der Waals surface area contributed by atoms with Gasteiger partial charge >= 0.3 is 12.0 Å². The van der Waals surface area contributed by atoms with Crippen LogP contribution < -0.4 is 10.6 Å². The van der Waals surface area contributed by atoms with Crippen LogP contribution in [0.1, 0.15) is 31.7 Å². The van der Waals surface area contributed by atoms with Gasteiger partial charge in [-0.05, 0) is 17.9 Å². The average Bonchev–Trinajstić information content (AvgIpc) is 2.39. The molecule has 3 N–H and O–H groups in total. The van der Waals surface area contributed by atoms with Crippen LogP contribution in [0.5, 0.6) is 0 Å². The van der Waals surface area contributed by atoms with Gasteiger partial charge in [-0.25, -0.2) is 4.79 Å². The molecule has 1 atom stereocenters. The number of carboxylic acid groups (broad SMARTS) is 1. The second-order valence-electron chi connectivity index (χ2n) is 5.12. The Hall–Kier alpha value is -2.04. The van der Waals surface area contributed by atoms with Gasteiger partial charge < -0.3 is 15.7 Å². The Morgan fingerprint density at radius 2 is 1.80 bits per heavy atom. The summed E-state index contributed by atoms with van der Waals surface area (Å²) in [5, 5.41) is 14.5. The molecule has 0 aliphatic rings. The fourth-order valence-corrected chi connectivity index (χ4v) is 1.76. The number of carbonyl (C=O) groups is 2. The number of benzene rings is 1. The summed E-state index contributed by atoms with van der Waals surface area (Å²) >= 11 is 0. The molecule has 0 fully saturated rings. The Morgan fingerprint density at radius 1 is 1.15 bits per heavy atom. The van der Waals surface area contributed by atoms with E-state index < -0.39 is 11.9 Å². The summed E-state index contributed by atoms with van der Waals surface area (Å²) in [4.78, 5) is 22.8. The van der Waals surface area contributed by atoms with E-state index >= 15 is 0 Å². The second-order valence-corrected chi connectivity index (χ2v) is 5.12. The Morgan fingerprint density at radius 3 is 2.35 bits per heavy atom. The lowest BCUT2D eigenvalue weighted by atomic mass is 9.99. The quantitative estimate of drug-likeness (QED) is 0.715. The van der Waals surface area contributed by atoms with Crippen LogP contribution in [0.2, 0.25) is 0 Å². The largest absolute Gasteiger partial charge is 0.481 e. The summed E-state index contributed by atoms with van der Waals surface area (Å²) < 4.78 is 0. The summed E-state index contributed by atoms with van der Waals surface area (Å²) in [6.07, 6.45) is 0.897. The molecule has 0 heterocycles. The van der Waals surface area contributed by atoms with E-state index in [0.717, 1.165) is 6.42 Å². The molecule has 1 aromatic rings. The minimum atomic E-state index is -0.946. The van der Waals surface area contributed by atoms with Crippen molar-refractivity contribution >= 4 is 12.0 Å². The van der Waals surface area contributed by atoms with Gasteiger partial charge in [0.15, 0.2) is 0 Å². The Labute approximate surface area is 119 Å². The molecule has 0 bridgehead atoms. The predicted octanol–water partition coefficient (Wildman–Crippen LogP) is 2.20. The van der Waals surface area contributed by atoms with E-state index in [9.17, 15) is 14.7 Å². The molecule has 1 aromatic carbocycles. The highest BCUT2D eigenvalue weighted by Crippen LogP contribution is 2.14. The number of hydrogen-bond acceptors (Lipinski definition) is 2. The molecule has 110 valence electrons. The number of rotatable bonds is 7. The van der Waals surface area contributed by atoms with E-state index in [1.165, 1.54) is 0 Å². The number of carbonyl (C=O) groups excluding carboxylic acids is 1. The zero-order valence-corrected chi connectivity index (χ0v) is 11.9. The van der Waals surface area contributed by atoms with Crippen LogP contribution >= 0.6 is 0 Å². The van der Waals surface area contributed by atoms with Gasteiger partial charge in [-0.2, -0.15) is 0 Å². The van der Waals surface area contributed by atoms with Crippen LogP contribution in [0.4, 0.5) is 4.79 Å². The van der Waals surface area contributed by atoms with Crippen molar-refractivity contribution in [1.82, 2.24) is 10.6 Å². The normalized spacial score (nSPS) is 11.9. The Kier molecular flexibility index (Phi) is 6.56. The van der Waals surface area contributed by atoms with Crippen molar-refractivity contribution in [2.75, 3.05) is 13.1 Å². The Bertz CT molecular complexity index is 432. The molecule has 2 amide bonds. The number of urea groups is 1. The monoisotopic (exact) mass is 278 g/mol. The van der Waals surface area contributed by atoms with Gasteiger partial charge in [0.2, 0.25) is 0 Å². The molecular formula is C15H22N2O3. The standard InChI is InChI=1S/C15H22N2O3/c1-11(2)8-9-16-15(20)17-10-13(14(18)19)12-6-4-3-5-7-12/h3-7,11,13H,8-10H2,1-2H3,(H,18,19)(H2,16,17,20). The smallest absolute Gasteiger partial charge is 0.314 e. The lowest BCUT2D eigenvalue weighted by Crippen LogP contribution is -2.39. The average molecular weight is 278 g/mol. The van der Waals surface area contributed by atoms with Crippen molar-refractivity contribution in [3.63, 3.8) is 0 Å². The van der Waals surface area contributed by atoms with Crippen molar-refractivity contribution in [2.24, 2.45) is 5.92 Å². The fourth-order valence-electron chi connectivity index (χ4n) is 1.76. The van der Waals surface area contributed by atoms with Gasteiger partial charge in [0.1, 0.15) is 0 Å². The molecule has 0 aliphatic heterocycles. The zero-order chi connectivity index (χ0) is 15.0. The maximum atomic E-state index is 11.6. The molecule has 0 aliphatic carbocycles. The molecule has 0 saturated heterocycles. The highest BCUT2D eigenvalue weighted by molar-refractivity contribution is 5.79. The summed E-state index contributed by atoms with van der Waals surface area (Å²) in [5.74, 6) is -1.16. The number of nitrogens with one attached hydrogen (secondary N) is 2. The predicted molar refractivity (Wildman–Crippen MR) is 77.7 cm³/mol. The third-order valence-corrected chi connectivity index (χ3v) is 2.97. The van der Waals surface area contributed by atoms with Crippen molar-refractivity contribution in [3.05, 3.63) is 35.9 Å². The third kappa shape index (κ3) is 5.73. The molecule has 0 saturated carbocycles. The molecule has 0 radical (unpaired) electrons. The number of aliphatic carboxylic acids is 1. The van der Waals surface area contributed by atoms with E-state index in [0.29, 0.717) is 18.0 Å². The first-order valence-electron chi connectivity index (χ1n) is 6.80. The summed E-state index contributed by atoms with van der Waals surface area (Å²) in [6.45, 7) is 4.82. The van der Waals surface area contributed by atoms with Crippen LogP contribution in [-0.2, 0) is 4.79 Å². The molecule has 1 rings (SSSR count). The molecule has 1 unspecified atom stereocenters.